The van der Waals surface area contributed by atoms with E-state index in [0.29, 0.717) is 16.9 Å². The lowest BCUT2D eigenvalue weighted by Crippen LogP contribution is -2.44. The second-order valence-corrected chi connectivity index (χ2v) is 7.96. The highest BCUT2D eigenvalue weighted by molar-refractivity contribution is 7.91. The van der Waals surface area contributed by atoms with Crippen LogP contribution in [0.15, 0.2) is 29.2 Å². The van der Waals surface area contributed by atoms with Gasteiger partial charge in [-0.15, -0.1) is 0 Å². The highest BCUT2D eigenvalue weighted by Crippen LogP contribution is 2.32. The number of para-hydroxylation sites is 1. The molecule has 2 atom stereocenters. The Balaban J connectivity index is 1.91. The van der Waals surface area contributed by atoms with Crippen molar-refractivity contribution in [3.8, 4) is 0 Å². The van der Waals surface area contributed by atoms with Crippen molar-refractivity contribution in [2.24, 2.45) is 5.92 Å². The number of benzene rings is 1. The number of rotatable bonds is 3. The van der Waals surface area contributed by atoms with Crippen molar-refractivity contribution in [1.82, 2.24) is 5.32 Å². The van der Waals surface area contributed by atoms with Gasteiger partial charge in [-0.25, -0.2) is 8.42 Å². The number of anilines is 1. The van der Waals surface area contributed by atoms with Crippen LogP contribution in [0.5, 0.6) is 0 Å². The zero-order valence-corrected chi connectivity index (χ0v) is 12.7. The van der Waals surface area contributed by atoms with Crippen LogP contribution >= 0.6 is 0 Å². The minimum absolute atomic E-state index is 0.158. The van der Waals surface area contributed by atoms with Crippen LogP contribution in [0.1, 0.15) is 19.8 Å². The summed E-state index contributed by atoms with van der Waals surface area (Å²) in [5, 5.41) is 3.54. The van der Waals surface area contributed by atoms with Crippen molar-refractivity contribution in [1.29, 1.82) is 0 Å². The molecule has 2 aliphatic heterocycles. The fourth-order valence-corrected chi connectivity index (χ4v) is 4.52. The first kappa shape index (κ1) is 13.9. The Morgan fingerprint density at radius 1 is 1.30 bits per heavy atom. The Morgan fingerprint density at radius 3 is 2.90 bits per heavy atom. The molecule has 1 aromatic carbocycles. The number of piperidine rings is 1. The third kappa shape index (κ3) is 2.44. The summed E-state index contributed by atoms with van der Waals surface area (Å²) in [5.74, 6) is 0.812. The van der Waals surface area contributed by atoms with Crippen LogP contribution in [0.4, 0.5) is 5.69 Å². The fraction of sp³-hybridized carbons (Fsp3) is 0.600. The normalized spacial score (nSPS) is 26.6. The average molecular weight is 294 g/mol. The zero-order valence-electron chi connectivity index (χ0n) is 11.9. The van der Waals surface area contributed by atoms with Crippen molar-refractivity contribution in [2.75, 3.05) is 30.3 Å². The van der Waals surface area contributed by atoms with Crippen molar-refractivity contribution >= 4 is 15.5 Å². The molecule has 0 amide bonds. The molecule has 0 bridgehead atoms. The lowest BCUT2D eigenvalue weighted by molar-refractivity contribution is 0.375. The average Bonchev–Trinajstić information content (AvgIpc) is 2.94. The molecule has 0 aliphatic carbocycles. The smallest absolute Gasteiger partial charge is 0.180 e. The number of hydrogen-bond donors (Lipinski definition) is 1. The van der Waals surface area contributed by atoms with Gasteiger partial charge in [0.05, 0.1) is 16.3 Å². The van der Waals surface area contributed by atoms with Gasteiger partial charge in [-0.2, -0.15) is 0 Å². The minimum atomic E-state index is -3.16. The molecule has 0 radical (unpaired) electrons. The predicted molar refractivity (Wildman–Crippen MR) is 80.9 cm³/mol. The van der Waals surface area contributed by atoms with Gasteiger partial charge >= 0.3 is 0 Å². The summed E-state index contributed by atoms with van der Waals surface area (Å²) in [6.07, 6.45) is 2.30. The monoisotopic (exact) mass is 294 g/mol. The summed E-state index contributed by atoms with van der Waals surface area (Å²) >= 11 is 0. The van der Waals surface area contributed by atoms with Crippen LogP contribution in [0.3, 0.4) is 0 Å². The number of nitrogens with zero attached hydrogens (tertiary/aromatic N) is 1. The fourth-order valence-electron chi connectivity index (χ4n) is 3.40. The Kier molecular flexibility index (Phi) is 3.73. The minimum Gasteiger partial charge on any atom is -0.370 e. The molecule has 0 aromatic heterocycles. The summed E-state index contributed by atoms with van der Waals surface area (Å²) < 4.78 is 24.5. The lowest BCUT2D eigenvalue weighted by atomic mass is 9.93. The molecule has 1 N–H and O–H groups in total. The van der Waals surface area contributed by atoms with Crippen LogP contribution in [-0.2, 0) is 9.84 Å². The molecule has 20 heavy (non-hydrogen) atoms. The molecule has 5 heteroatoms. The Bertz CT molecular complexity index is 585. The maximum absolute atomic E-state index is 12.3. The molecule has 2 saturated heterocycles. The van der Waals surface area contributed by atoms with E-state index >= 15 is 0 Å². The first-order valence-corrected chi connectivity index (χ1v) is 9.07. The molecule has 2 fully saturated rings. The summed E-state index contributed by atoms with van der Waals surface area (Å²) in [4.78, 5) is 2.75. The Hall–Kier alpha value is -1.07. The van der Waals surface area contributed by atoms with E-state index in [0.717, 1.165) is 31.7 Å². The van der Waals surface area contributed by atoms with E-state index in [9.17, 15) is 8.42 Å². The van der Waals surface area contributed by atoms with Crippen molar-refractivity contribution in [3.63, 3.8) is 0 Å². The molecule has 0 spiro atoms. The highest BCUT2D eigenvalue weighted by atomic mass is 32.2. The van der Waals surface area contributed by atoms with Crippen LogP contribution in [0.25, 0.3) is 0 Å². The third-order valence-corrected chi connectivity index (χ3v) is 6.35. The van der Waals surface area contributed by atoms with Gasteiger partial charge in [-0.05, 0) is 37.4 Å². The molecule has 2 aliphatic rings. The van der Waals surface area contributed by atoms with E-state index in [-0.39, 0.29) is 5.75 Å². The second-order valence-electron chi connectivity index (χ2n) is 5.72. The van der Waals surface area contributed by atoms with E-state index in [2.05, 4.69) is 10.2 Å². The molecule has 3 rings (SSSR count). The molecular weight excluding hydrogens is 272 g/mol. The molecule has 4 nitrogen and oxygen atoms in total. The maximum Gasteiger partial charge on any atom is 0.180 e. The van der Waals surface area contributed by atoms with Crippen LogP contribution in [0.2, 0.25) is 0 Å². The molecule has 110 valence electrons. The van der Waals surface area contributed by atoms with E-state index < -0.39 is 9.84 Å². The van der Waals surface area contributed by atoms with Gasteiger partial charge < -0.3 is 10.2 Å². The number of fused-ring (bicyclic) bond motifs is 1. The highest BCUT2D eigenvalue weighted by Gasteiger charge is 2.33. The molecule has 0 saturated carbocycles. The third-order valence-electron chi connectivity index (χ3n) is 4.58. The van der Waals surface area contributed by atoms with Gasteiger partial charge in [0.2, 0.25) is 0 Å². The largest absolute Gasteiger partial charge is 0.370 e. The van der Waals surface area contributed by atoms with E-state index in [1.54, 1.807) is 13.0 Å². The molecular formula is C15H22N2O2S. The predicted octanol–water partition coefficient (Wildman–Crippen LogP) is 1.67. The molecule has 2 heterocycles. The number of sulfone groups is 1. The summed E-state index contributed by atoms with van der Waals surface area (Å²) in [7, 11) is -3.16. The van der Waals surface area contributed by atoms with Crippen LogP contribution < -0.4 is 10.2 Å². The van der Waals surface area contributed by atoms with E-state index in [1.165, 1.54) is 6.42 Å². The van der Waals surface area contributed by atoms with Gasteiger partial charge in [0, 0.05) is 19.1 Å². The van der Waals surface area contributed by atoms with Crippen molar-refractivity contribution in [3.05, 3.63) is 24.3 Å². The first-order valence-electron chi connectivity index (χ1n) is 7.42. The van der Waals surface area contributed by atoms with Gasteiger partial charge in [-0.3, -0.25) is 0 Å². The van der Waals surface area contributed by atoms with Gasteiger partial charge in [0.1, 0.15) is 0 Å². The zero-order chi connectivity index (χ0) is 14.2. The van der Waals surface area contributed by atoms with Gasteiger partial charge in [-0.1, -0.05) is 19.1 Å². The van der Waals surface area contributed by atoms with Crippen molar-refractivity contribution in [2.45, 2.75) is 30.7 Å². The lowest BCUT2D eigenvalue weighted by Gasteiger charge is -2.37. The standard InChI is InChI=1S/C15H22N2O2S/c1-2-20(18,19)15-6-4-3-5-14(15)17-10-8-13-12(11-17)7-9-16-13/h3-6,12-13,16H,2,7-11H2,1H3. The summed E-state index contributed by atoms with van der Waals surface area (Å²) in [6, 6.07) is 8.07. The molecule has 1 aromatic rings. The van der Waals surface area contributed by atoms with Crippen molar-refractivity contribution < 1.29 is 8.42 Å². The Labute approximate surface area is 121 Å². The number of nitrogens with one attached hydrogen (secondary N) is 1. The molecule has 2 unspecified atom stereocenters. The van der Waals surface area contributed by atoms with E-state index in [4.69, 9.17) is 0 Å². The number of hydrogen-bond acceptors (Lipinski definition) is 4. The summed E-state index contributed by atoms with van der Waals surface area (Å²) in [6.45, 7) is 4.70. The first-order chi connectivity index (χ1) is 9.62. The Morgan fingerprint density at radius 2 is 2.10 bits per heavy atom. The van der Waals surface area contributed by atoms with Crippen LogP contribution in [0, 0.1) is 5.92 Å². The SMILES string of the molecule is CCS(=O)(=O)c1ccccc1N1CCC2NCCC2C1. The van der Waals surface area contributed by atoms with Gasteiger partial charge in [0.25, 0.3) is 0 Å². The quantitative estimate of drug-likeness (QED) is 0.921. The van der Waals surface area contributed by atoms with E-state index in [1.807, 2.05) is 18.2 Å². The van der Waals surface area contributed by atoms with Gasteiger partial charge in [0.15, 0.2) is 9.84 Å². The van der Waals surface area contributed by atoms with Crippen LogP contribution in [-0.4, -0.2) is 39.8 Å². The summed E-state index contributed by atoms with van der Waals surface area (Å²) in [5.41, 5.74) is 0.889. The topological polar surface area (TPSA) is 49.4 Å². The maximum atomic E-state index is 12.3. The second kappa shape index (κ2) is 5.37.